The number of rotatable bonds is 3. The maximum absolute atomic E-state index is 5.54. The number of guanidine groups is 1. The second-order valence-corrected chi connectivity index (χ2v) is 3.30. The largest absolute Gasteiger partial charge is 0.370 e. The standard InChI is InChI=1S/C7H17N3S.BrH/c1-4-6(11)10-7(8)9-5(2)3;/h5-6,11H,4H2,1-3H3,(H3,8,9,10);1H. The Labute approximate surface area is 90.4 Å². The summed E-state index contributed by atoms with van der Waals surface area (Å²) >= 11 is 4.18. The number of hydrogen-bond donors (Lipinski definition) is 3. The van der Waals surface area contributed by atoms with E-state index in [-0.39, 0.29) is 22.4 Å². The summed E-state index contributed by atoms with van der Waals surface area (Å²) in [6, 6.07) is 0.330. The lowest BCUT2D eigenvalue weighted by atomic mass is 10.4. The van der Waals surface area contributed by atoms with Gasteiger partial charge in [-0.15, -0.1) is 17.0 Å². The first-order chi connectivity index (χ1) is 5.06. The lowest BCUT2D eigenvalue weighted by Crippen LogP contribution is -2.37. The summed E-state index contributed by atoms with van der Waals surface area (Å²) < 4.78 is 0. The van der Waals surface area contributed by atoms with Gasteiger partial charge in [0.05, 0.1) is 5.37 Å². The maximum atomic E-state index is 5.54. The van der Waals surface area contributed by atoms with Crippen LogP contribution in [0, 0.1) is 0 Å². The molecule has 1 atom stereocenters. The SMILES string of the molecule is Br.CCC(S)/N=C(\N)NC(C)C. The number of halogens is 1. The zero-order valence-corrected chi connectivity index (χ0v) is 10.3. The highest BCUT2D eigenvalue weighted by Crippen LogP contribution is 2.00. The monoisotopic (exact) mass is 255 g/mol. The molecular weight excluding hydrogens is 238 g/mol. The fourth-order valence-electron chi connectivity index (χ4n) is 0.585. The average molecular weight is 256 g/mol. The van der Waals surface area contributed by atoms with Crippen LogP contribution >= 0.6 is 29.6 Å². The second-order valence-electron chi connectivity index (χ2n) is 2.70. The van der Waals surface area contributed by atoms with Crippen LogP contribution in [0.1, 0.15) is 27.2 Å². The highest BCUT2D eigenvalue weighted by Gasteiger charge is 1.98. The second kappa shape index (κ2) is 7.73. The Balaban J connectivity index is 0. The van der Waals surface area contributed by atoms with Crippen LogP contribution < -0.4 is 11.1 Å². The van der Waals surface area contributed by atoms with Gasteiger partial charge in [-0.1, -0.05) is 6.92 Å². The highest BCUT2D eigenvalue weighted by molar-refractivity contribution is 8.93. The van der Waals surface area contributed by atoms with Crippen molar-refractivity contribution in [1.82, 2.24) is 5.32 Å². The molecular formula is C7H18BrN3S. The molecule has 0 aliphatic rings. The Morgan fingerprint density at radius 2 is 2.08 bits per heavy atom. The molecule has 0 saturated heterocycles. The first-order valence-corrected chi connectivity index (χ1v) is 4.35. The summed E-state index contributed by atoms with van der Waals surface area (Å²) in [5, 5.41) is 3.00. The van der Waals surface area contributed by atoms with E-state index in [0.717, 1.165) is 6.42 Å². The van der Waals surface area contributed by atoms with Crippen molar-refractivity contribution in [3.05, 3.63) is 0 Å². The minimum Gasteiger partial charge on any atom is -0.370 e. The Morgan fingerprint density at radius 1 is 1.58 bits per heavy atom. The van der Waals surface area contributed by atoms with Gasteiger partial charge in [-0.3, -0.25) is 0 Å². The maximum Gasteiger partial charge on any atom is 0.189 e. The van der Waals surface area contributed by atoms with Crippen LogP contribution in [-0.4, -0.2) is 17.4 Å². The molecule has 0 aromatic carbocycles. The fourth-order valence-corrected chi connectivity index (χ4v) is 0.709. The molecule has 1 unspecified atom stereocenters. The summed E-state index contributed by atoms with van der Waals surface area (Å²) in [7, 11) is 0. The van der Waals surface area contributed by atoms with E-state index in [0.29, 0.717) is 12.0 Å². The number of hydrogen-bond acceptors (Lipinski definition) is 2. The van der Waals surface area contributed by atoms with Gasteiger partial charge >= 0.3 is 0 Å². The van der Waals surface area contributed by atoms with Crippen LogP contribution in [0.4, 0.5) is 0 Å². The van der Waals surface area contributed by atoms with Crippen LogP contribution in [0.3, 0.4) is 0 Å². The predicted molar refractivity (Wildman–Crippen MR) is 63.3 cm³/mol. The molecule has 0 fully saturated rings. The van der Waals surface area contributed by atoms with Gasteiger partial charge in [0.15, 0.2) is 5.96 Å². The predicted octanol–water partition coefficient (Wildman–Crippen LogP) is 1.54. The smallest absolute Gasteiger partial charge is 0.189 e. The van der Waals surface area contributed by atoms with Crippen LogP contribution in [0.15, 0.2) is 4.99 Å². The molecule has 0 aliphatic heterocycles. The Bertz CT molecular complexity index is 139. The molecule has 0 saturated carbocycles. The minimum absolute atomic E-state index is 0. The van der Waals surface area contributed by atoms with Gasteiger partial charge < -0.3 is 11.1 Å². The van der Waals surface area contributed by atoms with Crippen molar-refractivity contribution in [2.45, 2.75) is 38.6 Å². The molecule has 0 rings (SSSR count). The van der Waals surface area contributed by atoms with E-state index in [9.17, 15) is 0 Å². The molecule has 0 aromatic rings. The Kier molecular flexibility index (Phi) is 9.42. The van der Waals surface area contributed by atoms with Crippen LogP contribution in [-0.2, 0) is 0 Å². The van der Waals surface area contributed by atoms with Gasteiger partial charge in [-0.2, -0.15) is 12.6 Å². The molecule has 74 valence electrons. The molecule has 3 N–H and O–H groups in total. The van der Waals surface area contributed by atoms with Crippen molar-refractivity contribution in [2.24, 2.45) is 10.7 Å². The third-order valence-electron chi connectivity index (χ3n) is 1.09. The van der Waals surface area contributed by atoms with E-state index in [1.54, 1.807) is 0 Å². The van der Waals surface area contributed by atoms with Crippen LogP contribution in [0.2, 0.25) is 0 Å². The number of aliphatic imine (C=N–C) groups is 1. The van der Waals surface area contributed by atoms with Crippen LogP contribution in [0.25, 0.3) is 0 Å². The molecule has 0 aromatic heterocycles. The normalized spacial score (nSPS) is 13.9. The van der Waals surface area contributed by atoms with E-state index in [4.69, 9.17) is 5.73 Å². The summed E-state index contributed by atoms with van der Waals surface area (Å²) in [6.45, 7) is 6.05. The van der Waals surface area contributed by atoms with E-state index in [1.165, 1.54) is 0 Å². The van der Waals surface area contributed by atoms with Gasteiger partial charge in [0, 0.05) is 6.04 Å². The van der Waals surface area contributed by atoms with E-state index >= 15 is 0 Å². The number of nitrogens with zero attached hydrogens (tertiary/aromatic N) is 1. The minimum atomic E-state index is 0. The van der Waals surface area contributed by atoms with Crippen LogP contribution in [0.5, 0.6) is 0 Å². The third-order valence-corrected chi connectivity index (χ3v) is 1.57. The molecule has 0 bridgehead atoms. The van der Waals surface area contributed by atoms with Crippen molar-refractivity contribution < 1.29 is 0 Å². The van der Waals surface area contributed by atoms with Crippen molar-refractivity contribution in [2.75, 3.05) is 0 Å². The quantitative estimate of drug-likeness (QED) is 0.407. The van der Waals surface area contributed by atoms with Gasteiger partial charge in [-0.05, 0) is 20.3 Å². The summed E-state index contributed by atoms with van der Waals surface area (Å²) in [4.78, 5) is 4.08. The zero-order chi connectivity index (χ0) is 8.85. The Hall–Kier alpha value is 0.1000. The van der Waals surface area contributed by atoms with E-state index in [1.807, 2.05) is 20.8 Å². The van der Waals surface area contributed by atoms with Crippen molar-refractivity contribution in [3.63, 3.8) is 0 Å². The van der Waals surface area contributed by atoms with Gasteiger partial charge in [0.2, 0.25) is 0 Å². The lowest BCUT2D eigenvalue weighted by Gasteiger charge is -2.10. The molecule has 0 spiro atoms. The van der Waals surface area contributed by atoms with Crippen molar-refractivity contribution in [1.29, 1.82) is 0 Å². The molecule has 0 radical (unpaired) electrons. The molecule has 0 aliphatic carbocycles. The molecule has 0 heterocycles. The van der Waals surface area contributed by atoms with Gasteiger partial charge in [0.1, 0.15) is 0 Å². The van der Waals surface area contributed by atoms with E-state index < -0.39 is 0 Å². The van der Waals surface area contributed by atoms with Crippen molar-refractivity contribution in [3.8, 4) is 0 Å². The first-order valence-electron chi connectivity index (χ1n) is 3.84. The lowest BCUT2D eigenvalue weighted by molar-refractivity contribution is 0.719. The van der Waals surface area contributed by atoms with Gasteiger partial charge in [0.25, 0.3) is 0 Å². The van der Waals surface area contributed by atoms with Crippen molar-refractivity contribution >= 4 is 35.6 Å². The third kappa shape index (κ3) is 8.20. The fraction of sp³-hybridized carbons (Fsp3) is 0.857. The number of nitrogens with two attached hydrogens (primary N) is 1. The molecule has 12 heavy (non-hydrogen) atoms. The summed E-state index contributed by atoms with van der Waals surface area (Å²) in [5.74, 6) is 0.474. The number of thiol groups is 1. The first kappa shape index (κ1) is 14.6. The number of nitrogens with one attached hydrogen (secondary N) is 1. The zero-order valence-electron chi connectivity index (χ0n) is 7.74. The summed E-state index contributed by atoms with van der Waals surface area (Å²) in [6.07, 6.45) is 0.892. The molecule has 0 amide bonds. The molecule has 3 nitrogen and oxygen atoms in total. The highest BCUT2D eigenvalue weighted by atomic mass is 79.9. The topological polar surface area (TPSA) is 50.4 Å². The van der Waals surface area contributed by atoms with E-state index in [2.05, 4.69) is 22.9 Å². The molecule has 5 heteroatoms. The summed E-state index contributed by atoms with van der Waals surface area (Å²) in [5.41, 5.74) is 5.54. The average Bonchev–Trinajstić information content (AvgIpc) is 1.85. The van der Waals surface area contributed by atoms with Gasteiger partial charge in [-0.25, -0.2) is 4.99 Å². The Morgan fingerprint density at radius 3 is 2.42 bits per heavy atom.